The molecular formula is C45H77O13P. The monoisotopic (exact) mass is 857 g/mol. The number of carbonyl (C=O) groups excluding carboxylic acids is 2. The van der Waals surface area contributed by atoms with Crippen LogP contribution in [-0.4, -0.2) is 98.3 Å². The molecule has 1 aliphatic carbocycles. The van der Waals surface area contributed by atoms with Crippen LogP contribution in [0.15, 0.2) is 60.8 Å². The van der Waals surface area contributed by atoms with Crippen LogP contribution >= 0.6 is 7.82 Å². The van der Waals surface area contributed by atoms with E-state index in [1.807, 2.05) is 12.2 Å². The number of phosphoric ester groups is 1. The molecule has 0 aromatic heterocycles. The summed E-state index contributed by atoms with van der Waals surface area (Å²) in [5.41, 5.74) is 0. The summed E-state index contributed by atoms with van der Waals surface area (Å²) >= 11 is 0. The van der Waals surface area contributed by atoms with E-state index < -0.39 is 75.7 Å². The van der Waals surface area contributed by atoms with Gasteiger partial charge in [0.1, 0.15) is 43.2 Å². The van der Waals surface area contributed by atoms with Crippen molar-refractivity contribution in [3.05, 3.63) is 60.8 Å². The molecule has 59 heavy (non-hydrogen) atoms. The maximum absolute atomic E-state index is 12.8. The first kappa shape index (κ1) is 54.6. The topological polar surface area (TPSA) is 210 Å². The van der Waals surface area contributed by atoms with Crippen LogP contribution in [0.1, 0.15) is 155 Å². The minimum absolute atomic E-state index is 0.0174. The maximum Gasteiger partial charge on any atom is 0.472 e. The predicted molar refractivity (Wildman–Crippen MR) is 230 cm³/mol. The molecule has 0 aliphatic heterocycles. The summed E-state index contributed by atoms with van der Waals surface area (Å²) in [5, 5.41) is 50.1. The minimum Gasteiger partial charge on any atom is -0.462 e. The normalized spacial score (nSPS) is 22.9. The van der Waals surface area contributed by atoms with Crippen LogP contribution < -0.4 is 0 Å². The fourth-order valence-corrected chi connectivity index (χ4v) is 7.29. The number of aliphatic hydroxyl groups is 5. The van der Waals surface area contributed by atoms with Crippen molar-refractivity contribution in [2.24, 2.45) is 0 Å². The van der Waals surface area contributed by atoms with Gasteiger partial charge in [0.25, 0.3) is 0 Å². The molecule has 1 rings (SSSR count). The Hall–Kier alpha value is -2.45. The van der Waals surface area contributed by atoms with E-state index >= 15 is 0 Å². The van der Waals surface area contributed by atoms with Gasteiger partial charge in [0, 0.05) is 12.8 Å². The van der Waals surface area contributed by atoms with Crippen molar-refractivity contribution in [3.8, 4) is 0 Å². The highest BCUT2D eigenvalue weighted by atomic mass is 31.2. The number of allylic oxidation sites excluding steroid dienone is 10. The number of carbonyl (C=O) groups is 2. The highest BCUT2D eigenvalue weighted by Crippen LogP contribution is 2.47. The lowest BCUT2D eigenvalue weighted by molar-refractivity contribution is -0.220. The summed E-state index contributed by atoms with van der Waals surface area (Å²) in [6, 6.07) is 0. The van der Waals surface area contributed by atoms with Crippen LogP contribution in [0.25, 0.3) is 0 Å². The third-order valence-corrected chi connectivity index (χ3v) is 10.9. The summed E-state index contributed by atoms with van der Waals surface area (Å²) in [5.74, 6) is -1.17. The van der Waals surface area contributed by atoms with Gasteiger partial charge in [-0.3, -0.25) is 18.6 Å². The standard InChI is InChI=1S/C45H77O13P/c1-3-5-7-9-11-13-15-17-18-19-20-22-24-26-28-30-32-34-39(47)57-37(36-56-59(53,54)58-45-43(51)41(49)40(48)42(50)44(45)52)35-55-38(46)33-31-29-27-25-23-21-16-14-12-10-8-6-4-2/h5,7,11,13,17-18,20,22,26,28,37,40-45,48-52H,3-4,6,8-10,12,14-16,19,21,23-25,27,29-36H2,1-2H3,(H,53,54)/b7-5-,13-11-,18-17-,22-20-,28-26-. The molecule has 1 aliphatic rings. The third kappa shape index (κ3) is 27.9. The van der Waals surface area contributed by atoms with Crippen molar-refractivity contribution in [1.82, 2.24) is 0 Å². The van der Waals surface area contributed by atoms with Crippen LogP contribution in [0.5, 0.6) is 0 Å². The Morgan fingerprint density at radius 1 is 0.542 bits per heavy atom. The molecule has 0 spiro atoms. The molecule has 14 heteroatoms. The number of phosphoric acid groups is 1. The first-order chi connectivity index (χ1) is 28.4. The molecular weight excluding hydrogens is 779 g/mol. The van der Waals surface area contributed by atoms with Crippen molar-refractivity contribution in [2.45, 2.75) is 198 Å². The van der Waals surface area contributed by atoms with Crippen LogP contribution in [0.4, 0.5) is 0 Å². The number of ether oxygens (including phenoxy) is 2. The predicted octanol–water partition coefficient (Wildman–Crippen LogP) is 8.16. The van der Waals surface area contributed by atoms with Crippen LogP contribution in [-0.2, 0) is 32.7 Å². The molecule has 1 saturated carbocycles. The molecule has 0 aromatic rings. The Bertz CT molecular complexity index is 1270. The van der Waals surface area contributed by atoms with E-state index in [-0.39, 0.29) is 12.8 Å². The van der Waals surface area contributed by atoms with Gasteiger partial charge in [0.2, 0.25) is 0 Å². The van der Waals surface area contributed by atoms with E-state index in [4.69, 9.17) is 18.5 Å². The van der Waals surface area contributed by atoms with E-state index in [2.05, 4.69) is 62.5 Å². The average molecular weight is 857 g/mol. The summed E-state index contributed by atoms with van der Waals surface area (Å²) < 4.78 is 33.4. The van der Waals surface area contributed by atoms with Crippen molar-refractivity contribution < 1.29 is 63.1 Å². The van der Waals surface area contributed by atoms with Crippen molar-refractivity contribution >= 4 is 19.8 Å². The molecule has 6 unspecified atom stereocenters. The van der Waals surface area contributed by atoms with Gasteiger partial charge in [-0.2, -0.15) is 0 Å². The fourth-order valence-electron chi connectivity index (χ4n) is 6.32. The first-order valence-corrected chi connectivity index (χ1v) is 23.6. The van der Waals surface area contributed by atoms with Gasteiger partial charge in [-0.25, -0.2) is 4.57 Å². The molecule has 340 valence electrons. The summed E-state index contributed by atoms with van der Waals surface area (Å²) in [7, 11) is -5.13. The minimum atomic E-state index is -5.13. The van der Waals surface area contributed by atoms with Crippen molar-refractivity contribution in [3.63, 3.8) is 0 Å². The molecule has 6 N–H and O–H groups in total. The SMILES string of the molecule is CC/C=C\C/C=C\C/C=C\C/C=C\C/C=C\CCCC(=O)OC(COC(=O)CCCCCCCCCCCCCCC)COP(=O)(O)OC1C(O)C(O)C(O)C(O)C1O. The molecule has 0 heterocycles. The van der Waals surface area contributed by atoms with E-state index in [0.717, 1.165) is 51.4 Å². The molecule has 0 aromatic carbocycles. The van der Waals surface area contributed by atoms with Gasteiger partial charge < -0.3 is 39.9 Å². The van der Waals surface area contributed by atoms with Gasteiger partial charge in [-0.1, -0.05) is 152 Å². The fraction of sp³-hybridized carbons (Fsp3) is 0.733. The molecule has 0 radical (unpaired) electrons. The second kappa shape index (κ2) is 35.2. The van der Waals surface area contributed by atoms with E-state index in [1.54, 1.807) is 0 Å². The number of hydrogen-bond donors (Lipinski definition) is 6. The van der Waals surface area contributed by atoms with Gasteiger partial charge in [0.15, 0.2) is 6.10 Å². The van der Waals surface area contributed by atoms with E-state index in [1.165, 1.54) is 57.8 Å². The van der Waals surface area contributed by atoms with Crippen molar-refractivity contribution in [2.75, 3.05) is 13.2 Å². The van der Waals surface area contributed by atoms with Gasteiger partial charge in [-0.05, 0) is 51.4 Å². The molecule has 6 atom stereocenters. The number of aliphatic hydroxyl groups excluding tert-OH is 5. The quantitative estimate of drug-likeness (QED) is 0.0154. The molecule has 1 fully saturated rings. The van der Waals surface area contributed by atoms with Crippen LogP contribution in [0.2, 0.25) is 0 Å². The highest BCUT2D eigenvalue weighted by molar-refractivity contribution is 7.47. The summed E-state index contributed by atoms with van der Waals surface area (Å²) in [6.07, 6.45) is 28.6. The molecule has 13 nitrogen and oxygen atoms in total. The molecule has 0 saturated heterocycles. The van der Waals surface area contributed by atoms with Crippen molar-refractivity contribution in [1.29, 1.82) is 0 Å². The Labute approximate surface area is 353 Å². The number of esters is 2. The van der Waals surface area contributed by atoms with Crippen LogP contribution in [0.3, 0.4) is 0 Å². The lowest BCUT2D eigenvalue weighted by atomic mass is 9.85. The average Bonchev–Trinajstić information content (AvgIpc) is 3.21. The third-order valence-electron chi connectivity index (χ3n) is 9.87. The second-order valence-electron chi connectivity index (χ2n) is 15.2. The zero-order valence-electron chi connectivity index (χ0n) is 35.8. The Kier molecular flexibility index (Phi) is 32.5. The Morgan fingerprint density at radius 2 is 0.966 bits per heavy atom. The van der Waals surface area contributed by atoms with Gasteiger partial charge >= 0.3 is 19.8 Å². The summed E-state index contributed by atoms with van der Waals surface area (Å²) in [4.78, 5) is 35.6. The first-order valence-electron chi connectivity index (χ1n) is 22.1. The lowest BCUT2D eigenvalue weighted by Crippen LogP contribution is -2.64. The lowest BCUT2D eigenvalue weighted by Gasteiger charge is -2.41. The van der Waals surface area contributed by atoms with E-state index in [9.17, 15) is 44.6 Å². The number of rotatable bonds is 35. The number of unbranched alkanes of at least 4 members (excludes halogenated alkanes) is 13. The maximum atomic E-state index is 12.8. The smallest absolute Gasteiger partial charge is 0.462 e. The van der Waals surface area contributed by atoms with Crippen LogP contribution in [0, 0.1) is 0 Å². The van der Waals surface area contributed by atoms with Gasteiger partial charge in [0.05, 0.1) is 6.61 Å². The Morgan fingerprint density at radius 3 is 1.46 bits per heavy atom. The largest absolute Gasteiger partial charge is 0.472 e. The van der Waals surface area contributed by atoms with E-state index in [0.29, 0.717) is 19.3 Å². The molecule has 0 bridgehead atoms. The number of hydrogen-bond acceptors (Lipinski definition) is 12. The highest BCUT2D eigenvalue weighted by Gasteiger charge is 2.51. The second-order valence-corrected chi connectivity index (χ2v) is 16.6. The molecule has 0 amide bonds. The zero-order chi connectivity index (χ0) is 43.6. The summed E-state index contributed by atoms with van der Waals surface area (Å²) in [6.45, 7) is 3.12. The zero-order valence-corrected chi connectivity index (χ0v) is 36.7. The Balaban J connectivity index is 2.53. The van der Waals surface area contributed by atoms with Gasteiger partial charge in [-0.15, -0.1) is 0 Å².